The Morgan fingerprint density at radius 1 is 1.53 bits per heavy atom. The molecule has 0 saturated heterocycles. The van der Waals surface area contributed by atoms with E-state index in [9.17, 15) is 10.1 Å². The third-order valence-electron chi connectivity index (χ3n) is 2.49. The molecule has 0 atom stereocenters. The van der Waals surface area contributed by atoms with Crippen molar-refractivity contribution in [2.24, 2.45) is 0 Å². The highest BCUT2D eigenvalue weighted by atomic mass is 32.2. The van der Waals surface area contributed by atoms with Gasteiger partial charge >= 0.3 is 0 Å². The molecule has 0 unspecified atom stereocenters. The molecule has 2 N–H and O–H groups in total. The van der Waals surface area contributed by atoms with E-state index in [0.717, 1.165) is 17.9 Å². The number of rotatable bonds is 6. The van der Waals surface area contributed by atoms with Gasteiger partial charge in [-0.3, -0.25) is 10.1 Å². The maximum absolute atomic E-state index is 10.7. The van der Waals surface area contributed by atoms with Crippen molar-refractivity contribution >= 4 is 23.1 Å². The van der Waals surface area contributed by atoms with Crippen LogP contribution in [0.5, 0.6) is 0 Å². The molecule has 0 aliphatic rings. The summed E-state index contributed by atoms with van der Waals surface area (Å²) < 4.78 is 0. The van der Waals surface area contributed by atoms with E-state index in [1.54, 1.807) is 17.8 Å². The van der Waals surface area contributed by atoms with Gasteiger partial charge in [0, 0.05) is 24.9 Å². The minimum absolute atomic E-state index is 0.0132. The van der Waals surface area contributed by atoms with Crippen LogP contribution in [0, 0.1) is 10.1 Å². The third kappa shape index (κ3) is 3.90. The topological polar surface area (TPSA) is 72.4 Å². The van der Waals surface area contributed by atoms with E-state index in [2.05, 4.69) is 11.2 Å². The Kier molecular flexibility index (Phi) is 5.24. The number of nitrogens with zero attached hydrogens (tertiary/aromatic N) is 2. The quantitative estimate of drug-likeness (QED) is 0.478. The second-order valence-electron chi connectivity index (χ2n) is 3.84. The zero-order chi connectivity index (χ0) is 12.8. The third-order valence-corrected chi connectivity index (χ3v) is 3.08. The molecule has 0 aliphatic carbocycles. The van der Waals surface area contributed by atoms with Gasteiger partial charge in [0.2, 0.25) is 0 Å². The molecule has 0 amide bonds. The lowest BCUT2D eigenvalue weighted by Gasteiger charge is -2.16. The molecule has 0 spiro atoms. The SMILES string of the molecule is CSCCN(C)Cc1cccc([N+](=O)[O-])c1N. The molecule has 5 nitrogen and oxygen atoms in total. The minimum Gasteiger partial charge on any atom is -0.393 e. The number of anilines is 1. The molecule has 1 rings (SSSR count). The standard InChI is InChI=1S/C11H17N3O2S/c1-13(6-7-17-2)8-9-4-3-5-10(11(9)12)14(15)16/h3-5H,6-8,12H2,1-2H3. The molecule has 17 heavy (non-hydrogen) atoms. The maximum atomic E-state index is 10.7. The number of nitrogens with two attached hydrogens (primary N) is 1. The fourth-order valence-corrected chi connectivity index (χ4v) is 2.01. The number of hydrogen-bond donors (Lipinski definition) is 1. The fourth-order valence-electron chi connectivity index (χ4n) is 1.51. The Hall–Kier alpha value is -1.27. The van der Waals surface area contributed by atoms with Crippen molar-refractivity contribution in [2.45, 2.75) is 6.54 Å². The van der Waals surface area contributed by atoms with E-state index < -0.39 is 4.92 Å². The van der Waals surface area contributed by atoms with Crippen molar-refractivity contribution in [2.75, 3.05) is 31.3 Å². The van der Waals surface area contributed by atoms with Gasteiger partial charge < -0.3 is 10.6 Å². The van der Waals surface area contributed by atoms with Gasteiger partial charge in [0.1, 0.15) is 5.69 Å². The summed E-state index contributed by atoms with van der Waals surface area (Å²) >= 11 is 1.77. The molecule has 0 bridgehead atoms. The van der Waals surface area contributed by atoms with E-state index in [0.29, 0.717) is 6.54 Å². The second kappa shape index (κ2) is 6.46. The monoisotopic (exact) mass is 255 g/mol. The van der Waals surface area contributed by atoms with Crippen LogP contribution >= 0.6 is 11.8 Å². The Labute approximate surface area is 105 Å². The Bertz CT molecular complexity index is 398. The van der Waals surface area contributed by atoms with Gasteiger partial charge in [-0.2, -0.15) is 11.8 Å². The van der Waals surface area contributed by atoms with Crippen LogP contribution in [0.3, 0.4) is 0 Å². The highest BCUT2D eigenvalue weighted by Gasteiger charge is 2.14. The Balaban J connectivity index is 2.77. The highest BCUT2D eigenvalue weighted by molar-refractivity contribution is 7.98. The van der Waals surface area contributed by atoms with Crippen LogP contribution in [0.15, 0.2) is 18.2 Å². The van der Waals surface area contributed by atoms with Crippen LogP contribution in [0.2, 0.25) is 0 Å². The maximum Gasteiger partial charge on any atom is 0.292 e. The van der Waals surface area contributed by atoms with Crippen LogP contribution in [-0.2, 0) is 6.54 Å². The van der Waals surface area contributed by atoms with Gasteiger partial charge in [0.15, 0.2) is 0 Å². The van der Waals surface area contributed by atoms with Crippen LogP contribution in [0.1, 0.15) is 5.56 Å². The van der Waals surface area contributed by atoms with Crippen molar-refractivity contribution in [1.29, 1.82) is 0 Å². The number of thioether (sulfide) groups is 1. The first-order valence-electron chi connectivity index (χ1n) is 5.25. The van der Waals surface area contributed by atoms with Crippen molar-refractivity contribution in [3.8, 4) is 0 Å². The second-order valence-corrected chi connectivity index (χ2v) is 4.82. The van der Waals surface area contributed by atoms with Crippen LogP contribution < -0.4 is 5.73 Å². The lowest BCUT2D eigenvalue weighted by Crippen LogP contribution is -2.21. The van der Waals surface area contributed by atoms with E-state index in [1.807, 2.05) is 13.1 Å². The minimum atomic E-state index is -0.444. The summed E-state index contributed by atoms with van der Waals surface area (Å²) in [6.45, 7) is 1.57. The van der Waals surface area contributed by atoms with Gasteiger partial charge in [0.05, 0.1) is 4.92 Å². The number of nitro groups is 1. The van der Waals surface area contributed by atoms with E-state index in [-0.39, 0.29) is 11.4 Å². The first-order valence-corrected chi connectivity index (χ1v) is 6.65. The Morgan fingerprint density at radius 2 is 2.24 bits per heavy atom. The van der Waals surface area contributed by atoms with Gasteiger partial charge in [-0.05, 0) is 18.9 Å². The summed E-state index contributed by atoms with van der Waals surface area (Å²) in [6.07, 6.45) is 2.05. The van der Waals surface area contributed by atoms with Crippen LogP contribution in [-0.4, -0.2) is 35.4 Å². The van der Waals surface area contributed by atoms with E-state index >= 15 is 0 Å². The normalized spacial score (nSPS) is 10.8. The highest BCUT2D eigenvalue weighted by Crippen LogP contribution is 2.25. The molecule has 1 aromatic carbocycles. The Morgan fingerprint density at radius 3 is 2.82 bits per heavy atom. The summed E-state index contributed by atoms with van der Waals surface area (Å²) in [6, 6.07) is 4.94. The van der Waals surface area contributed by atoms with Crippen LogP contribution in [0.4, 0.5) is 11.4 Å². The fraction of sp³-hybridized carbons (Fsp3) is 0.455. The predicted molar refractivity (Wildman–Crippen MR) is 72.2 cm³/mol. The van der Waals surface area contributed by atoms with E-state index in [4.69, 9.17) is 5.73 Å². The molecule has 0 fully saturated rings. The molecular weight excluding hydrogens is 238 g/mol. The summed E-state index contributed by atoms with van der Waals surface area (Å²) in [4.78, 5) is 12.4. The first kappa shape index (κ1) is 13.8. The van der Waals surface area contributed by atoms with Gasteiger partial charge in [-0.15, -0.1) is 0 Å². The first-order chi connectivity index (χ1) is 8.06. The molecule has 0 heterocycles. The molecule has 0 aromatic heterocycles. The van der Waals surface area contributed by atoms with Gasteiger partial charge in [-0.1, -0.05) is 12.1 Å². The predicted octanol–water partition coefficient (Wildman–Crippen LogP) is 1.97. The van der Waals surface area contributed by atoms with Gasteiger partial charge in [-0.25, -0.2) is 0 Å². The molecule has 0 saturated carbocycles. The molecule has 1 aromatic rings. The summed E-state index contributed by atoms with van der Waals surface area (Å²) in [7, 11) is 1.98. The average molecular weight is 255 g/mol. The van der Waals surface area contributed by atoms with Crippen molar-refractivity contribution in [3.05, 3.63) is 33.9 Å². The zero-order valence-corrected chi connectivity index (χ0v) is 10.9. The molecule has 0 radical (unpaired) electrons. The molecule has 6 heteroatoms. The van der Waals surface area contributed by atoms with E-state index in [1.165, 1.54) is 6.07 Å². The summed E-state index contributed by atoms with van der Waals surface area (Å²) in [5.74, 6) is 1.03. The molecule has 94 valence electrons. The number of nitrogen functional groups attached to an aromatic ring is 1. The molecule has 0 aliphatic heterocycles. The van der Waals surface area contributed by atoms with Gasteiger partial charge in [0.25, 0.3) is 5.69 Å². The number of hydrogen-bond acceptors (Lipinski definition) is 5. The van der Waals surface area contributed by atoms with Crippen molar-refractivity contribution in [3.63, 3.8) is 0 Å². The number of benzene rings is 1. The summed E-state index contributed by atoms with van der Waals surface area (Å²) in [5.41, 5.74) is 6.85. The zero-order valence-electron chi connectivity index (χ0n) is 10.0. The van der Waals surface area contributed by atoms with Crippen molar-refractivity contribution in [1.82, 2.24) is 4.90 Å². The lowest BCUT2D eigenvalue weighted by atomic mass is 10.1. The number of nitro benzene ring substituents is 1. The summed E-state index contributed by atoms with van der Waals surface area (Å²) in [5, 5.41) is 10.7. The largest absolute Gasteiger partial charge is 0.393 e. The smallest absolute Gasteiger partial charge is 0.292 e. The molecular formula is C11H17N3O2S. The number of para-hydroxylation sites is 1. The van der Waals surface area contributed by atoms with Crippen molar-refractivity contribution < 1.29 is 4.92 Å². The lowest BCUT2D eigenvalue weighted by molar-refractivity contribution is -0.384. The van der Waals surface area contributed by atoms with Crippen LogP contribution in [0.25, 0.3) is 0 Å². The average Bonchev–Trinajstić information content (AvgIpc) is 2.28.